The first-order valence-electron chi connectivity index (χ1n) is 5.88. The third-order valence-corrected chi connectivity index (χ3v) is 4.20. The molecule has 0 aliphatic heterocycles. The maximum atomic E-state index is 12.3. The maximum absolute atomic E-state index is 12.3. The zero-order valence-electron chi connectivity index (χ0n) is 11.0. The monoisotopic (exact) mass is 295 g/mol. The van der Waals surface area contributed by atoms with Gasteiger partial charge in [-0.25, -0.2) is 4.79 Å². The molecule has 3 N–H and O–H groups in total. The van der Waals surface area contributed by atoms with Crippen LogP contribution in [0, 0.1) is 6.92 Å². The number of hydrogen-bond acceptors (Lipinski definition) is 5. The summed E-state index contributed by atoms with van der Waals surface area (Å²) in [5.74, 6) is -0.754. The Morgan fingerprint density at radius 1 is 1.35 bits per heavy atom. The fourth-order valence-electron chi connectivity index (χ4n) is 1.96. The molecule has 0 spiro atoms. The number of H-pyrrole nitrogens is 1. The Hall–Kier alpha value is -2.22. The minimum Gasteiger partial charge on any atom is -0.365 e. The van der Waals surface area contributed by atoms with Gasteiger partial charge in [-0.05, 0) is 19.4 Å². The van der Waals surface area contributed by atoms with E-state index in [1.807, 2.05) is 0 Å². The number of aromatic nitrogens is 2. The number of nitrogens with two attached hydrogens (primary N) is 1. The van der Waals surface area contributed by atoms with Crippen LogP contribution in [-0.2, 0) is 11.3 Å². The molecule has 0 radical (unpaired) electrons. The van der Waals surface area contributed by atoms with Gasteiger partial charge in [0.15, 0.2) is 0 Å². The molecule has 8 heteroatoms. The molecule has 106 valence electrons. The number of nitrogens with one attached hydrogen (secondary N) is 1. The molecule has 1 amide bonds. The number of ketones is 1. The van der Waals surface area contributed by atoms with E-state index in [1.165, 1.54) is 6.92 Å². The number of amides is 1. The van der Waals surface area contributed by atoms with Crippen molar-refractivity contribution in [3.8, 4) is 0 Å². The van der Waals surface area contributed by atoms with Gasteiger partial charge in [0.25, 0.3) is 11.5 Å². The molecule has 0 saturated carbocycles. The average molecular weight is 295 g/mol. The number of fused-ring (bicyclic) bond motifs is 1. The Kier molecular flexibility index (Phi) is 3.58. The number of aromatic amines is 1. The summed E-state index contributed by atoms with van der Waals surface area (Å²) in [6.07, 6.45) is 0.0976. The molecule has 0 saturated heterocycles. The van der Waals surface area contributed by atoms with Gasteiger partial charge in [-0.1, -0.05) is 0 Å². The van der Waals surface area contributed by atoms with E-state index in [4.69, 9.17) is 5.73 Å². The minimum atomic E-state index is -0.640. The van der Waals surface area contributed by atoms with Gasteiger partial charge in [0.2, 0.25) is 0 Å². The van der Waals surface area contributed by atoms with Gasteiger partial charge >= 0.3 is 5.69 Å². The van der Waals surface area contributed by atoms with Crippen molar-refractivity contribution in [2.75, 3.05) is 0 Å². The number of rotatable bonds is 4. The maximum Gasteiger partial charge on any atom is 0.329 e. The summed E-state index contributed by atoms with van der Waals surface area (Å²) in [6.45, 7) is 3.01. The van der Waals surface area contributed by atoms with Crippen LogP contribution in [0.3, 0.4) is 0 Å². The van der Waals surface area contributed by atoms with Gasteiger partial charge in [0.1, 0.15) is 10.6 Å². The molecular weight excluding hydrogens is 282 g/mol. The van der Waals surface area contributed by atoms with Crippen LogP contribution >= 0.6 is 11.3 Å². The molecule has 2 aromatic heterocycles. The molecule has 0 fully saturated rings. The number of carbonyl (C=O) groups excluding carboxylic acids is 2. The van der Waals surface area contributed by atoms with Crippen LogP contribution < -0.4 is 17.0 Å². The predicted octanol–water partition coefficient (Wildman–Crippen LogP) is 0.138. The topological polar surface area (TPSA) is 115 Å². The molecule has 0 aromatic carbocycles. The normalized spacial score (nSPS) is 10.9. The molecule has 20 heavy (non-hydrogen) atoms. The first-order chi connectivity index (χ1) is 9.32. The van der Waals surface area contributed by atoms with E-state index in [0.29, 0.717) is 10.4 Å². The summed E-state index contributed by atoms with van der Waals surface area (Å²) in [4.78, 5) is 49.5. The predicted molar refractivity (Wildman–Crippen MR) is 75.3 cm³/mol. The third kappa shape index (κ3) is 2.29. The fourth-order valence-corrected chi connectivity index (χ4v) is 3.00. The van der Waals surface area contributed by atoms with Crippen molar-refractivity contribution in [1.29, 1.82) is 0 Å². The van der Waals surface area contributed by atoms with E-state index < -0.39 is 17.2 Å². The molecular formula is C12H13N3O4S. The van der Waals surface area contributed by atoms with E-state index in [-0.39, 0.29) is 29.0 Å². The van der Waals surface area contributed by atoms with Crippen LogP contribution in [0.1, 0.15) is 28.6 Å². The second-order valence-electron chi connectivity index (χ2n) is 4.46. The van der Waals surface area contributed by atoms with Crippen LogP contribution in [-0.4, -0.2) is 21.2 Å². The summed E-state index contributed by atoms with van der Waals surface area (Å²) in [5.41, 5.74) is 4.58. The highest BCUT2D eigenvalue weighted by Gasteiger charge is 2.18. The number of hydrogen-bond donors (Lipinski definition) is 2. The summed E-state index contributed by atoms with van der Waals surface area (Å²) in [5, 5.41) is 0.270. The summed E-state index contributed by atoms with van der Waals surface area (Å²) >= 11 is 0.983. The summed E-state index contributed by atoms with van der Waals surface area (Å²) in [7, 11) is 0. The van der Waals surface area contributed by atoms with Crippen LogP contribution in [0.15, 0.2) is 9.59 Å². The van der Waals surface area contributed by atoms with E-state index in [2.05, 4.69) is 4.98 Å². The second-order valence-corrected chi connectivity index (χ2v) is 5.48. The van der Waals surface area contributed by atoms with Crippen molar-refractivity contribution >= 4 is 33.2 Å². The molecule has 2 aromatic rings. The Bertz CT molecular complexity index is 828. The number of carbonyl (C=O) groups is 2. The van der Waals surface area contributed by atoms with Gasteiger partial charge in [-0.3, -0.25) is 23.9 Å². The van der Waals surface area contributed by atoms with Gasteiger partial charge in [0.05, 0.1) is 10.3 Å². The van der Waals surface area contributed by atoms with E-state index in [9.17, 15) is 19.2 Å². The second kappa shape index (κ2) is 5.04. The van der Waals surface area contributed by atoms with Gasteiger partial charge < -0.3 is 5.73 Å². The lowest BCUT2D eigenvalue weighted by Gasteiger charge is -2.03. The van der Waals surface area contributed by atoms with Crippen LogP contribution in [0.5, 0.6) is 0 Å². The number of aryl methyl sites for hydroxylation is 1. The number of primary amides is 1. The number of thiophene rings is 1. The quantitative estimate of drug-likeness (QED) is 0.834. The highest BCUT2D eigenvalue weighted by atomic mass is 32.1. The molecule has 0 atom stereocenters. The molecule has 7 nitrogen and oxygen atoms in total. The fraction of sp³-hybridized carbons (Fsp3) is 0.333. The minimum absolute atomic E-state index is 0.0145. The zero-order valence-corrected chi connectivity index (χ0v) is 11.8. The van der Waals surface area contributed by atoms with E-state index in [0.717, 1.165) is 15.9 Å². The molecule has 0 bridgehead atoms. The Labute approximate surface area is 117 Å². The lowest BCUT2D eigenvalue weighted by molar-refractivity contribution is -0.117. The van der Waals surface area contributed by atoms with Crippen molar-refractivity contribution in [2.24, 2.45) is 5.73 Å². The molecule has 0 aliphatic carbocycles. The average Bonchev–Trinajstić information content (AvgIpc) is 2.65. The highest BCUT2D eigenvalue weighted by molar-refractivity contribution is 7.20. The van der Waals surface area contributed by atoms with Crippen molar-refractivity contribution in [3.63, 3.8) is 0 Å². The summed E-state index contributed by atoms with van der Waals surface area (Å²) < 4.78 is 0.966. The van der Waals surface area contributed by atoms with Gasteiger partial charge in [-0.15, -0.1) is 11.3 Å². The standard InChI is InChI=1S/C12H13N3O4S/c1-5(16)3-4-15-11(18)7-6(2)8(9(13)17)20-10(7)14-12(15)19/h3-4H2,1-2H3,(H2,13,17)(H,14,19). The molecule has 0 aliphatic rings. The van der Waals surface area contributed by atoms with Crippen LogP contribution in [0.4, 0.5) is 0 Å². The molecule has 0 unspecified atom stereocenters. The lowest BCUT2D eigenvalue weighted by atomic mass is 10.2. The first-order valence-corrected chi connectivity index (χ1v) is 6.70. The van der Waals surface area contributed by atoms with Gasteiger partial charge in [-0.2, -0.15) is 0 Å². The van der Waals surface area contributed by atoms with Crippen molar-refractivity contribution < 1.29 is 9.59 Å². The molecule has 2 heterocycles. The first kappa shape index (κ1) is 14.2. The smallest absolute Gasteiger partial charge is 0.329 e. The highest BCUT2D eigenvalue weighted by Crippen LogP contribution is 2.25. The number of Topliss-reactive ketones (excluding diaryl/α,β-unsaturated/α-hetero) is 1. The SMILES string of the molecule is CC(=O)CCn1c(=O)[nH]c2sc(C(N)=O)c(C)c2c1=O. The van der Waals surface area contributed by atoms with Crippen LogP contribution in [0.25, 0.3) is 10.2 Å². The number of nitrogens with zero attached hydrogens (tertiary/aromatic N) is 1. The Morgan fingerprint density at radius 2 is 2.00 bits per heavy atom. The van der Waals surface area contributed by atoms with Crippen molar-refractivity contribution in [3.05, 3.63) is 31.3 Å². The lowest BCUT2D eigenvalue weighted by Crippen LogP contribution is -2.35. The third-order valence-electron chi connectivity index (χ3n) is 2.98. The van der Waals surface area contributed by atoms with Crippen molar-refractivity contribution in [1.82, 2.24) is 9.55 Å². The molecule has 2 rings (SSSR count). The summed E-state index contributed by atoms with van der Waals surface area (Å²) in [6, 6.07) is 0. The van der Waals surface area contributed by atoms with E-state index in [1.54, 1.807) is 6.92 Å². The van der Waals surface area contributed by atoms with Crippen LogP contribution in [0.2, 0.25) is 0 Å². The Balaban J connectivity index is 2.71. The Morgan fingerprint density at radius 3 is 2.55 bits per heavy atom. The van der Waals surface area contributed by atoms with Crippen molar-refractivity contribution in [2.45, 2.75) is 26.8 Å². The van der Waals surface area contributed by atoms with E-state index >= 15 is 0 Å². The largest absolute Gasteiger partial charge is 0.365 e. The zero-order chi connectivity index (χ0) is 15.0. The van der Waals surface area contributed by atoms with Gasteiger partial charge in [0, 0.05) is 13.0 Å².